The largest absolute Gasteiger partial charge is 0.324 e. The minimum Gasteiger partial charge on any atom is -0.324 e. The van der Waals surface area contributed by atoms with Crippen LogP contribution in [0.3, 0.4) is 0 Å². The molecule has 0 saturated carbocycles. The van der Waals surface area contributed by atoms with Crippen LogP contribution in [0.25, 0.3) is 16.6 Å². The third kappa shape index (κ3) is 4.86. The number of nitrogens with one attached hydrogen (secondary N) is 1. The van der Waals surface area contributed by atoms with Gasteiger partial charge < -0.3 is 5.32 Å². The molecule has 166 valence electrons. The molecule has 0 aliphatic rings. The first kappa shape index (κ1) is 22.4. The maximum Gasteiger partial charge on any atom is 0.271 e. The molecule has 1 aromatic heterocycles. The van der Waals surface area contributed by atoms with Crippen molar-refractivity contribution < 1.29 is 14.1 Å². The highest BCUT2D eigenvalue weighted by Crippen LogP contribution is 2.27. The van der Waals surface area contributed by atoms with Gasteiger partial charge in [0.1, 0.15) is 5.82 Å². The second-order valence-corrected chi connectivity index (χ2v) is 8.14. The molecule has 1 amide bonds. The molecule has 0 bridgehead atoms. The van der Waals surface area contributed by atoms with E-state index in [0.717, 1.165) is 17.8 Å². The summed E-state index contributed by atoms with van der Waals surface area (Å²) in [6.07, 6.45) is 0. The van der Waals surface area contributed by atoms with Crippen molar-refractivity contribution in [3.63, 3.8) is 0 Å². The zero-order valence-electron chi connectivity index (χ0n) is 16.7. The number of carbonyl (C=O) groups excluding carboxylic acids is 1. The van der Waals surface area contributed by atoms with Crippen molar-refractivity contribution in [1.82, 2.24) is 9.55 Å². The lowest BCUT2D eigenvalue weighted by molar-refractivity contribution is -0.384. The Morgan fingerprint density at radius 1 is 1.15 bits per heavy atom. The maximum atomic E-state index is 13.4. The number of nitro groups is 1. The number of anilines is 1. The van der Waals surface area contributed by atoms with Crippen molar-refractivity contribution in [2.45, 2.75) is 5.16 Å². The predicted molar refractivity (Wildman–Crippen MR) is 125 cm³/mol. The van der Waals surface area contributed by atoms with Crippen LogP contribution in [0.4, 0.5) is 15.8 Å². The molecule has 0 atom stereocenters. The zero-order chi connectivity index (χ0) is 23.5. The Hall–Kier alpha value is -3.76. The molecule has 0 aliphatic carbocycles. The quantitative estimate of drug-likeness (QED) is 0.182. The standard InChI is InChI=1S/C22H14ClFN4O4S/c23-17-10-9-15(28(31)32)11-19(17)25-20(29)12-33-22-26-18-4-2-1-3-16(18)21(30)27(22)14-7-5-13(24)6-8-14/h1-11H,12H2,(H,25,29). The summed E-state index contributed by atoms with van der Waals surface area (Å²) in [5.74, 6) is -1.12. The van der Waals surface area contributed by atoms with E-state index in [0.29, 0.717) is 16.6 Å². The number of thioether (sulfide) groups is 1. The van der Waals surface area contributed by atoms with Crippen LogP contribution in [0.5, 0.6) is 0 Å². The highest BCUT2D eigenvalue weighted by Gasteiger charge is 2.16. The maximum absolute atomic E-state index is 13.4. The number of para-hydroxylation sites is 1. The molecule has 11 heteroatoms. The Balaban J connectivity index is 1.65. The summed E-state index contributed by atoms with van der Waals surface area (Å²) < 4.78 is 14.7. The average Bonchev–Trinajstić information content (AvgIpc) is 2.80. The summed E-state index contributed by atoms with van der Waals surface area (Å²) >= 11 is 7.02. The molecule has 0 spiro atoms. The molecule has 1 N–H and O–H groups in total. The number of aromatic nitrogens is 2. The zero-order valence-corrected chi connectivity index (χ0v) is 18.3. The Morgan fingerprint density at radius 2 is 1.88 bits per heavy atom. The highest BCUT2D eigenvalue weighted by molar-refractivity contribution is 7.99. The van der Waals surface area contributed by atoms with E-state index in [1.54, 1.807) is 24.3 Å². The van der Waals surface area contributed by atoms with Crippen LogP contribution >= 0.6 is 23.4 Å². The van der Waals surface area contributed by atoms with Gasteiger partial charge in [0.05, 0.1) is 38.0 Å². The molecule has 0 saturated heterocycles. The Labute approximate surface area is 195 Å². The molecule has 0 aliphatic heterocycles. The van der Waals surface area contributed by atoms with E-state index in [4.69, 9.17) is 11.6 Å². The molecular weight excluding hydrogens is 471 g/mol. The van der Waals surface area contributed by atoms with Gasteiger partial charge >= 0.3 is 0 Å². The minimum atomic E-state index is -0.596. The first-order valence-corrected chi connectivity index (χ1v) is 10.8. The number of nitro benzene ring substituents is 1. The Bertz CT molecular complexity index is 1440. The molecule has 4 aromatic rings. The molecule has 1 heterocycles. The Kier molecular flexibility index (Phi) is 6.38. The first-order valence-electron chi connectivity index (χ1n) is 9.48. The van der Waals surface area contributed by atoms with E-state index in [1.807, 2.05) is 0 Å². The first-order chi connectivity index (χ1) is 15.8. The van der Waals surface area contributed by atoms with Gasteiger partial charge in [0.25, 0.3) is 11.2 Å². The second kappa shape index (κ2) is 9.39. The van der Waals surface area contributed by atoms with Crippen molar-refractivity contribution >= 4 is 51.5 Å². The second-order valence-electron chi connectivity index (χ2n) is 6.79. The summed E-state index contributed by atoms with van der Waals surface area (Å²) in [6, 6.07) is 15.8. The lowest BCUT2D eigenvalue weighted by atomic mass is 10.2. The van der Waals surface area contributed by atoms with Crippen LogP contribution in [-0.2, 0) is 4.79 Å². The van der Waals surface area contributed by atoms with Gasteiger partial charge in [-0.2, -0.15) is 0 Å². The van der Waals surface area contributed by atoms with E-state index in [-0.39, 0.29) is 32.9 Å². The molecule has 4 rings (SSSR count). The van der Waals surface area contributed by atoms with Crippen LogP contribution in [0, 0.1) is 15.9 Å². The number of amides is 1. The topological polar surface area (TPSA) is 107 Å². The van der Waals surface area contributed by atoms with Gasteiger partial charge in [-0.3, -0.25) is 24.3 Å². The molecule has 8 nitrogen and oxygen atoms in total. The third-order valence-electron chi connectivity index (χ3n) is 4.60. The summed E-state index contributed by atoms with van der Waals surface area (Å²) in [5, 5.41) is 14.3. The van der Waals surface area contributed by atoms with Gasteiger partial charge in [0.2, 0.25) is 5.91 Å². The number of carbonyl (C=O) groups is 1. The molecule has 3 aromatic carbocycles. The van der Waals surface area contributed by atoms with Crippen LogP contribution in [0.1, 0.15) is 0 Å². The minimum absolute atomic E-state index is 0.0962. The van der Waals surface area contributed by atoms with Crippen LogP contribution in [0.2, 0.25) is 5.02 Å². The van der Waals surface area contributed by atoms with Crippen LogP contribution in [-0.4, -0.2) is 26.1 Å². The van der Waals surface area contributed by atoms with E-state index < -0.39 is 16.6 Å². The Morgan fingerprint density at radius 3 is 2.61 bits per heavy atom. The van der Waals surface area contributed by atoms with Crippen molar-refractivity contribution in [1.29, 1.82) is 0 Å². The number of rotatable bonds is 6. The number of hydrogen-bond acceptors (Lipinski definition) is 6. The smallest absolute Gasteiger partial charge is 0.271 e. The fourth-order valence-corrected chi connectivity index (χ4v) is 4.04. The van der Waals surface area contributed by atoms with E-state index in [9.17, 15) is 24.1 Å². The summed E-state index contributed by atoms with van der Waals surface area (Å²) in [7, 11) is 0. The number of hydrogen-bond donors (Lipinski definition) is 1. The van der Waals surface area contributed by atoms with Crippen molar-refractivity contribution in [2.75, 3.05) is 11.1 Å². The van der Waals surface area contributed by atoms with E-state index in [1.165, 1.54) is 41.0 Å². The lowest BCUT2D eigenvalue weighted by Crippen LogP contribution is -2.23. The van der Waals surface area contributed by atoms with Crippen molar-refractivity contribution in [3.8, 4) is 5.69 Å². The monoisotopic (exact) mass is 484 g/mol. The third-order valence-corrected chi connectivity index (χ3v) is 5.87. The van der Waals surface area contributed by atoms with Gasteiger partial charge in [0.15, 0.2) is 5.16 Å². The van der Waals surface area contributed by atoms with Crippen molar-refractivity contribution in [2.24, 2.45) is 0 Å². The van der Waals surface area contributed by atoms with Gasteiger partial charge in [-0.1, -0.05) is 35.5 Å². The van der Waals surface area contributed by atoms with Gasteiger partial charge in [-0.05, 0) is 42.5 Å². The van der Waals surface area contributed by atoms with Gasteiger partial charge in [-0.25, -0.2) is 9.37 Å². The number of fused-ring (bicyclic) bond motifs is 1. The van der Waals surface area contributed by atoms with Crippen molar-refractivity contribution in [3.05, 3.63) is 98.0 Å². The molecule has 0 unspecified atom stereocenters. The number of halogens is 2. The SMILES string of the molecule is O=C(CSc1nc2ccccc2c(=O)n1-c1ccc(F)cc1)Nc1cc([N+](=O)[O-])ccc1Cl. The number of benzene rings is 3. The van der Waals surface area contributed by atoms with Crippen LogP contribution in [0.15, 0.2) is 76.7 Å². The van der Waals surface area contributed by atoms with Gasteiger partial charge in [-0.15, -0.1) is 0 Å². The summed E-state index contributed by atoms with van der Waals surface area (Å²) in [6.45, 7) is 0. The summed E-state index contributed by atoms with van der Waals surface area (Å²) in [5.41, 5.74) is 0.356. The predicted octanol–water partition coefficient (Wildman–Crippen LogP) is 4.82. The molecular formula is C22H14ClFN4O4S. The van der Waals surface area contributed by atoms with Gasteiger partial charge in [0, 0.05) is 12.1 Å². The normalized spacial score (nSPS) is 10.8. The highest BCUT2D eigenvalue weighted by atomic mass is 35.5. The fraction of sp³-hybridized carbons (Fsp3) is 0.0455. The number of non-ortho nitro benzene ring substituents is 1. The average molecular weight is 485 g/mol. The summed E-state index contributed by atoms with van der Waals surface area (Å²) in [4.78, 5) is 40.6. The molecule has 0 radical (unpaired) electrons. The fourth-order valence-electron chi connectivity index (χ4n) is 3.07. The van der Waals surface area contributed by atoms with Crippen LogP contribution < -0.4 is 10.9 Å². The lowest BCUT2D eigenvalue weighted by Gasteiger charge is -2.13. The van der Waals surface area contributed by atoms with E-state index in [2.05, 4.69) is 10.3 Å². The molecule has 0 fully saturated rings. The number of nitrogens with zero attached hydrogens (tertiary/aromatic N) is 3. The van der Waals surface area contributed by atoms with E-state index >= 15 is 0 Å². The molecule has 33 heavy (non-hydrogen) atoms.